The lowest BCUT2D eigenvalue weighted by atomic mass is 9.80. The molecule has 0 radical (unpaired) electrons. The van der Waals surface area contributed by atoms with E-state index in [4.69, 9.17) is 5.11 Å². The third-order valence-electron chi connectivity index (χ3n) is 3.52. The van der Waals surface area contributed by atoms with Gasteiger partial charge in [0.25, 0.3) is 0 Å². The van der Waals surface area contributed by atoms with Gasteiger partial charge in [-0.3, -0.25) is 0 Å². The van der Waals surface area contributed by atoms with E-state index in [0.717, 1.165) is 24.2 Å². The van der Waals surface area contributed by atoms with Gasteiger partial charge in [0, 0.05) is 6.61 Å². The molecule has 0 spiro atoms. The van der Waals surface area contributed by atoms with Crippen molar-refractivity contribution in [1.82, 2.24) is 0 Å². The van der Waals surface area contributed by atoms with Crippen molar-refractivity contribution >= 4 is 0 Å². The number of aliphatic hydroxyl groups excluding tert-OH is 1. The topological polar surface area (TPSA) is 20.2 Å². The Bertz CT molecular complexity index is 121. The third kappa shape index (κ3) is 1.58. The predicted octanol–water partition coefficient (Wildman–Crippen LogP) is 2.20. The van der Waals surface area contributed by atoms with Gasteiger partial charge in [0.05, 0.1) is 0 Å². The maximum atomic E-state index is 8.81. The standard InChI is InChI=1S/C10H18O/c11-4-3-10-6-8-1-2-9(5-8)7-10/h8-11H,1-7H2/t8-,9+,10-. The Morgan fingerprint density at radius 3 is 2.18 bits per heavy atom. The molecule has 2 bridgehead atoms. The molecule has 0 aliphatic heterocycles. The van der Waals surface area contributed by atoms with E-state index in [1.165, 1.54) is 32.1 Å². The summed E-state index contributed by atoms with van der Waals surface area (Å²) in [5.74, 6) is 2.93. The first kappa shape index (κ1) is 7.60. The molecule has 0 heterocycles. The van der Waals surface area contributed by atoms with Crippen molar-refractivity contribution in [3.63, 3.8) is 0 Å². The summed E-state index contributed by atoms with van der Waals surface area (Å²) in [7, 11) is 0. The molecule has 64 valence electrons. The van der Waals surface area contributed by atoms with E-state index in [2.05, 4.69) is 0 Å². The van der Waals surface area contributed by atoms with Crippen molar-refractivity contribution in [3.05, 3.63) is 0 Å². The summed E-state index contributed by atoms with van der Waals surface area (Å²) >= 11 is 0. The van der Waals surface area contributed by atoms with Gasteiger partial charge in [0.15, 0.2) is 0 Å². The fourth-order valence-electron chi connectivity index (χ4n) is 3.06. The first-order valence-corrected chi connectivity index (χ1v) is 4.99. The number of rotatable bonds is 2. The van der Waals surface area contributed by atoms with Gasteiger partial charge < -0.3 is 5.11 Å². The van der Waals surface area contributed by atoms with Crippen LogP contribution in [0.5, 0.6) is 0 Å². The Hall–Kier alpha value is -0.0400. The van der Waals surface area contributed by atoms with Crippen molar-refractivity contribution in [3.8, 4) is 0 Å². The third-order valence-corrected chi connectivity index (χ3v) is 3.52. The number of hydrogen-bond donors (Lipinski definition) is 1. The second kappa shape index (κ2) is 3.14. The maximum absolute atomic E-state index is 8.81. The lowest BCUT2D eigenvalue weighted by Gasteiger charge is -2.26. The minimum absolute atomic E-state index is 0.407. The molecule has 0 aromatic rings. The Labute approximate surface area is 68.8 Å². The minimum Gasteiger partial charge on any atom is -0.396 e. The van der Waals surface area contributed by atoms with Gasteiger partial charge in [0.2, 0.25) is 0 Å². The molecule has 11 heavy (non-hydrogen) atoms. The van der Waals surface area contributed by atoms with Gasteiger partial charge in [0.1, 0.15) is 0 Å². The van der Waals surface area contributed by atoms with E-state index < -0.39 is 0 Å². The molecule has 3 atom stereocenters. The molecule has 0 amide bonds. The average molecular weight is 154 g/mol. The predicted molar refractivity (Wildman–Crippen MR) is 45.3 cm³/mol. The zero-order chi connectivity index (χ0) is 7.68. The second-order valence-electron chi connectivity index (χ2n) is 4.39. The van der Waals surface area contributed by atoms with Crippen LogP contribution >= 0.6 is 0 Å². The smallest absolute Gasteiger partial charge is 0.0433 e. The van der Waals surface area contributed by atoms with E-state index in [1.54, 1.807) is 0 Å². The minimum atomic E-state index is 0.407. The van der Waals surface area contributed by atoms with Crippen molar-refractivity contribution in [2.75, 3.05) is 6.61 Å². The molecule has 2 aliphatic rings. The highest BCUT2D eigenvalue weighted by atomic mass is 16.3. The van der Waals surface area contributed by atoms with Crippen molar-refractivity contribution in [2.24, 2.45) is 17.8 Å². The molecule has 1 N–H and O–H groups in total. The molecule has 0 unspecified atom stereocenters. The van der Waals surface area contributed by atoms with E-state index in [-0.39, 0.29) is 0 Å². The molecule has 0 saturated heterocycles. The monoisotopic (exact) mass is 154 g/mol. The van der Waals surface area contributed by atoms with Gasteiger partial charge in [-0.25, -0.2) is 0 Å². The summed E-state index contributed by atoms with van der Waals surface area (Å²) in [4.78, 5) is 0. The zero-order valence-electron chi connectivity index (χ0n) is 7.13. The quantitative estimate of drug-likeness (QED) is 0.646. The summed E-state index contributed by atoms with van der Waals surface area (Å²) < 4.78 is 0. The Morgan fingerprint density at radius 2 is 1.64 bits per heavy atom. The van der Waals surface area contributed by atoms with Crippen LogP contribution in [0.25, 0.3) is 0 Å². The van der Waals surface area contributed by atoms with Crippen molar-refractivity contribution in [2.45, 2.75) is 38.5 Å². The molecule has 2 fully saturated rings. The molecule has 0 aromatic heterocycles. The van der Waals surface area contributed by atoms with Gasteiger partial charge in [-0.05, 0) is 43.4 Å². The fraction of sp³-hybridized carbons (Fsp3) is 1.00. The SMILES string of the molecule is OCC[C@H]1C[C@H]2CC[C@@H](C1)C2. The van der Waals surface area contributed by atoms with Gasteiger partial charge in [-0.15, -0.1) is 0 Å². The van der Waals surface area contributed by atoms with Gasteiger partial charge in [-0.1, -0.05) is 12.8 Å². The summed E-state index contributed by atoms with van der Waals surface area (Å²) in [5.41, 5.74) is 0. The number of aliphatic hydroxyl groups is 1. The van der Waals surface area contributed by atoms with E-state index in [1.807, 2.05) is 0 Å². The molecule has 0 aromatic carbocycles. The summed E-state index contributed by atoms with van der Waals surface area (Å²) in [5, 5.41) is 8.81. The molecule has 1 heteroatoms. The lowest BCUT2D eigenvalue weighted by molar-refractivity contribution is 0.196. The fourth-order valence-corrected chi connectivity index (χ4v) is 3.06. The zero-order valence-corrected chi connectivity index (χ0v) is 7.13. The van der Waals surface area contributed by atoms with E-state index >= 15 is 0 Å². The Balaban J connectivity index is 1.87. The van der Waals surface area contributed by atoms with Crippen LogP contribution in [0.1, 0.15) is 38.5 Å². The first-order valence-electron chi connectivity index (χ1n) is 4.99. The van der Waals surface area contributed by atoms with Crippen LogP contribution in [0.3, 0.4) is 0 Å². The van der Waals surface area contributed by atoms with Gasteiger partial charge in [-0.2, -0.15) is 0 Å². The first-order chi connectivity index (χ1) is 5.38. The number of hydrogen-bond acceptors (Lipinski definition) is 1. The van der Waals surface area contributed by atoms with Crippen LogP contribution in [0.2, 0.25) is 0 Å². The van der Waals surface area contributed by atoms with E-state index in [9.17, 15) is 0 Å². The summed E-state index contributed by atoms with van der Waals surface area (Å²) in [6.45, 7) is 0.407. The highest BCUT2D eigenvalue weighted by Crippen LogP contribution is 2.45. The highest BCUT2D eigenvalue weighted by molar-refractivity contribution is 4.84. The van der Waals surface area contributed by atoms with Crippen LogP contribution in [0.4, 0.5) is 0 Å². The molecule has 1 nitrogen and oxygen atoms in total. The molecule has 2 saturated carbocycles. The largest absolute Gasteiger partial charge is 0.396 e. The van der Waals surface area contributed by atoms with Crippen LogP contribution in [-0.4, -0.2) is 11.7 Å². The lowest BCUT2D eigenvalue weighted by Crippen LogP contribution is -2.16. The summed E-state index contributed by atoms with van der Waals surface area (Å²) in [6.07, 6.45) is 8.35. The Morgan fingerprint density at radius 1 is 1.00 bits per heavy atom. The van der Waals surface area contributed by atoms with E-state index in [0.29, 0.717) is 6.61 Å². The molecular weight excluding hydrogens is 136 g/mol. The van der Waals surface area contributed by atoms with Crippen LogP contribution in [0.15, 0.2) is 0 Å². The average Bonchev–Trinajstić information content (AvgIpc) is 2.32. The summed E-state index contributed by atoms with van der Waals surface area (Å²) in [6, 6.07) is 0. The molecule has 2 aliphatic carbocycles. The number of fused-ring (bicyclic) bond motifs is 2. The Kier molecular flexibility index (Phi) is 2.17. The normalized spacial score (nSPS) is 42.8. The molecular formula is C10H18O. The van der Waals surface area contributed by atoms with Crippen LogP contribution in [0, 0.1) is 17.8 Å². The van der Waals surface area contributed by atoms with Crippen molar-refractivity contribution < 1.29 is 5.11 Å². The van der Waals surface area contributed by atoms with Crippen LogP contribution in [-0.2, 0) is 0 Å². The van der Waals surface area contributed by atoms with Crippen molar-refractivity contribution in [1.29, 1.82) is 0 Å². The van der Waals surface area contributed by atoms with Crippen LogP contribution < -0.4 is 0 Å². The van der Waals surface area contributed by atoms with Gasteiger partial charge >= 0.3 is 0 Å². The molecule has 2 rings (SSSR count). The second-order valence-corrected chi connectivity index (χ2v) is 4.39. The maximum Gasteiger partial charge on any atom is 0.0433 e. The highest BCUT2D eigenvalue weighted by Gasteiger charge is 2.33.